The van der Waals surface area contributed by atoms with Crippen LogP contribution in [0.1, 0.15) is 25.8 Å². The number of nitrogens with two attached hydrogens (primary N) is 1. The molecule has 20 heavy (non-hydrogen) atoms. The summed E-state index contributed by atoms with van der Waals surface area (Å²) in [4.78, 5) is 1.35. The molecule has 1 aromatic carbocycles. The maximum Gasteiger partial charge on any atom is 0.405 e. The highest BCUT2D eigenvalue weighted by Crippen LogP contribution is 2.27. The van der Waals surface area contributed by atoms with E-state index in [4.69, 9.17) is 5.73 Å². The van der Waals surface area contributed by atoms with Gasteiger partial charge in [-0.1, -0.05) is 28.9 Å². The Kier molecular flexibility index (Phi) is 6.33. The van der Waals surface area contributed by atoms with Crippen LogP contribution in [0, 0.1) is 0 Å². The van der Waals surface area contributed by atoms with Crippen molar-refractivity contribution in [3.63, 3.8) is 0 Å². The summed E-state index contributed by atoms with van der Waals surface area (Å²) in [6, 6.07) is 5.31. The van der Waals surface area contributed by atoms with Crippen molar-refractivity contribution in [2.24, 2.45) is 5.73 Å². The minimum Gasteiger partial charge on any atom is -0.363 e. The van der Waals surface area contributed by atoms with Crippen molar-refractivity contribution >= 4 is 21.6 Å². The van der Waals surface area contributed by atoms with E-state index in [9.17, 15) is 13.2 Å². The Morgan fingerprint density at radius 2 is 2.00 bits per heavy atom. The van der Waals surface area contributed by atoms with E-state index >= 15 is 0 Å². The number of anilines is 1. The van der Waals surface area contributed by atoms with Gasteiger partial charge in [0, 0.05) is 22.7 Å². The SMILES string of the molecule is CCCN(CC(F)(F)F)c1ccc(CC(C)N)c(Br)c1. The highest BCUT2D eigenvalue weighted by atomic mass is 79.9. The first kappa shape index (κ1) is 17.3. The van der Waals surface area contributed by atoms with Crippen LogP contribution < -0.4 is 10.6 Å². The Balaban J connectivity index is 2.94. The Labute approximate surface area is 126 Å². The van der Waals surface area contributed by atoms with Gasteiger partial charge >= 0.3 is 6.18 Å². The summed E-state index contributed by atoms with van der Waals surface area (Å²) in [7, 11) is 0. The molecule has 0 fully saturated rings. The third kappa shape index (κ3) is 5.71. The Bertz CT molecular complexity index is 433. The minimum absolute atomic E-state index is 0.0130. The van der Waals surface area contributed by atoms with Gasteiger partial charge in [-0.15, -0.1) is 0 Å². The smallest absolute Gasteiger partial charge is 0.363 e. The van der Waals surface area contributed by atoms with E-state index in [1.807, 2.05) is 19.9 Å². The lowest BCUT2D eigenvalue weighted by molar-refractivity contribution is -0.119. The lowest BCUT2D eigenvalue weighted by Crippen LogP contribution is -2.34. The topological polar surface area (TPSA) is 29.3 Å². The lowest BCUT2D eigenvalue weighted by Gasteiger charge is -2.26. The molecule has 0 heterocycles. The molecule has 0 spiro atoms. The molecule has 0 amide bonds. The average molecular weight is 353 g/mol. The molecule has 1 unspecified atom stereocenters. The summed E-state index contributed by atoms with van der Waals surface area (Å²) in [5, 5.41) is 0. The van der Waals surface area contributed by atoms with Gasteiger partial charge in [0.15, 0.2) is 0 Å². The second kappa shape index (κ2) is 7.31. The van der Waals surface area contributed by atoms with Crippen LogP contribution in [-0.2, 0) is 6.42 Å². The monoisotopic (exact) mass is 352 g/mol. The van der Waals surface area contributed by atoms with Crippen molar-refractivity contribution in [1.29, 1.82) is 0 Å². The largest absolute Gasteiger partial charge is 0.405 e. The standard InChI is InChI=1S/C14H20BrF3N2/c1-3-6-20(9-14(16,17)18)12-5-4-11(7-10(2)19)13(15)8-12/h4-5,8,10H,3,6-7,9,19H2,1-2H3. The van der Waals surface area contributed by atoms with Gasteiger partial charge in [0.2, 0.25) is 0 Å². The molecule has 0 saturated carbocycles. The Morgan fingerprint density at radius 1 is 1.35 bits per heavy atom. The lowest BCUT2D eigenvalue weighted by atomic mass is 10.1. The summed E-state index contributed by atoms with van der Waals surface area (Å²) in [5.74, 6) is 0. The molecule has 1 atom stereocenters. The van der Waals surface area contributed by atoms with Gasteiger partial charge in [-0.05, 0) is 37.5 Å². The molecule has 0 saturated heterocycles. The fourth-order valence-electron chi connectivity index (χ4n) is 2.03. The van der Waals surface area contributed by atoms with Crippen LogP contribution in [0.2, 0.25) is 0 Å². The first-order chi connectivity index (χ1) is 9.23. The quantitative estimate of drug-likeness (QED) is 0.834. The average Bonchev–Trinajstić information content (AvgIpc) is 2.29. The maximum absolute atomic E-state index is 12.6. The molecule has 0 aromatic heterocycles. The van der Waals surface area contributed by atoms with Gasteiger partial charge in [-0.25, -0.2) is 0 Å². The Hall–Kier alpha value is -0.750. The van der Waals surface area contributed by atoms with Crippen molar-refractivity contribution < 1.29 is 13.2 Å². The van der Waals surface area contributed by atoms with E-state index in [1.54, 1.807) is 12.1 Å². The van der Waals surface area contributed by atoms with E-state index in [0.29, 0.717) is 25.1 Å². The molecule has 2 nitrogen and oxygen atoms in total. The number of hydrogen-bond donors (Lipinski definition) is 1. The number of halogens is 4. The van der Waals surface area contributed by atoms with Gasteiger partial charge in [0.25, 0.3) is 0 Å². The van der Waals surface area contributed by atoms with E-state index in [-0.39, 0.29) is 6.04 Å². The molecule has 0 aliphatic rings. The predicted molar refractivity (Wildman–Crippen MR) is 80.1 cm³/mol. The van der Waals surface area contributed by atoms with Gasteiger partial charge in [-0.3, -0.25) is 0 Å². The number of alkyl halides is 3. The molecule has 114 valence electrons. The molecule has 0 aliphatic carbocycles. The second-order valence-corrected chi connectivity index (χ2v) is 5.85. The summed E-state index contributed by atoms with van der Waals surface area (Å²) >= 11 is 3.41. The van der Waals surface area contributed by atoms with E-state index in [0.717, 1.165) is 10.0 Å². The summed E-state index contributed by atoms with van der Waals surface area (Å²) in [6.07, 6.45) is -2.85. The zero-order valence-corrected chi connectivity index (χ0v) is 13.3. The van der Waals surface area contributed by atoms with E-state index < -0.39 is 12.7 Å². The van der Waals surface area contributed by atoms with Crippen LogP contribution in [0.3, 0.4) is 0 Å². The highest BCUT2D eigenvalue weighted by molar-refractivity contribution is 9.10. The summed E-state index contributed by atoms with van der Waals surface area (Å²) in [6.45, 7) is 3.20. The zero-order chi connectivity index (χ0) is 15.3. The van der Waals surface area contributed by atoms with Crippen molar-refractivity contribution in [3.05, 3.63) is 28.2 Å². The third-order valence-electron chi connectivity index (χ3n) is 2.81. The molecular weight excluding hydrogens is 333 g/mol. The summed E-state index contributed by atoms with van der Waals surface area (Å²) in [5.41, 5.74) is 7.32. The number of nitrogens with zero attached hydrogens (tertiary/aromatic N) is 1. The molecular formula is C14H20BrF3N2. The van der Waals surface area contributed by atoms with Crippen LogP contribution in [0.25, 0.3) is 0 Å². The molecule has 0 aliphatic heterocycles. The van der Waals surface area contributed by atoms with Crippen LogP contribution in [-0.4, -0.2) is 25.3 Å². The third-order valence-corrected chi connectivity index (χ3v) is 3.55. The highest BCUT2D eigenvalue weighted by Gasteiger charge is 2.30. The van der Waals surface area contributed by atoms with Gasteiger partial charge in [-0.2, -0.15) is 13.2 Å². The summed E-state index contributed by atoms with van der Waals surface area (Å²) < 4.78 is 38.6. The van der Waals surface area contributed by atoms with Crippen molar-refractivity contribution in [1.82, 2.24) is 0 Å². The fourth-order valence-corrected chi connectivity index (χ4v) is 2.56. The van der Waals surface area contributed by atoms with E-state index in [2.05, 4.69) is 15.9 Å². The van der Waals surface area contributed by atoms with Crippen molar-refractivity contribution in [3.8, 4) is 0 Å². The predicted octanol–water partition coefficient (Wildman–Crippen LogP) is 4.12. The molecule has 1 aromatic rings. The number of benzene rings is 1. The molecule has 6 heteroatoms. The van der Waals surface area contributed by atoms with E-state index in [1.165, 1.54) is 4.90 Å². The molecule has 0 bridgehead atoms. The molecule has 1 rings (SSSR count). The second-order valence-electron chi connectivity index (χ2n) is 4.99. The van der Waals surface area contributed by atoms with Crippen LogP contribution in [0.4, 0.5) is 18.9 Å². The van der Waals surface area contributed by atoms with Crippen LogP contribution >= 0.6 is 15.9 Å². The number of hydrogen-bond acceptors (Lipinski definition) is 2. The Morgan fingerprint density at radius 3 is 2.45 bits per heavy atom. The molecule has 0 radical (unpaired) electrons. The van der Waals surface area contributed by atoms with Crippen molar-refractivity contribution in [2.75, 3.05) is 18.0 Å². The normalized spacial score (nSPS) is 13.3. The first-order valence-corrected chi connectivity index (χ1v) is 7.38. The maximum atomic E-state index is 12.6. The van der Waals surface area contributed by atoms with Crippen LogP contribution in [0.15, 0.2) is 22.7 Å². The minimum atomic E-state index is -4.20. The van der Waals surface area contributed by atoms with Gasteiger partial charge < -0.3 is 10.6 Å². The van der Waals surface area contributed by atoms with Crippen LogP contribution in [0.5, 0.6) is 0 Å². The van der Waals surface area contributed by atoms with Gasteiger partial charge in [0.1, 0.15) is 6.54 Å². The fraction of sp³-hybridized carbons (Fsp3) is 0.571. The molecule has 2 N–H and O–H groups in total. The number of rotatable bonds is 6. The first-order valence-electron chi connectivity index (χ1n) is 6.58. The van der Waals surface area contributed by atoms with Gasteiger partial charge in [0.05, 0.1) is 0 Å². The van der Waals surface area contributed by atoms with Crippen molar-refractivity contribution in [2.45, 2.75) is 38.9 Å². The zero-order valence-electron chi connectivity index (χ0n) is 11.7.